The maximum Gasteiger partial charge on any atom is 0.0612 e. The number of rotatable bonds is 3. The van der Waals surface area contributed by atoms with E-state index in [0.717, 1.165) is 5.69 Å². The number of aryl methyl sites for hydroxylation is 1. The van der Waals surface area contributed by atoms with E-state index in [4.69, 9.17) is 5.73 Å². The van der Waals surface area contributed by atoms with Crippen molar-refractivity contribution in [3.8, 4) is 0 Å². The van der Waals surface area contributed by atoms with E-state index in [-0.39, 0.29) is 6.61 Å². The van der Waals surface area contributed by atoms with E-state index in [9.17, 15) is 5.11 Å². The molecule has 0 fully saturated rings. The zero-order valence-corrected chi connectivity index (χ0v) is 9.77. The number of hydrogen-bond acceptors (Lipinski definition) is 2. The number of aliphatic hydroxyl groups is 1. The first kappa shape index (κ1) is 11.2. The molecule has 3 N–H and O–H groups in total. The Morgan fingerprint density at radius 1 is 1.38 bits per heavy atom. The highest BCUT2D eigenvalue weighted by Crippen LogP contribution is 2.20. The van der Waals surface area contributed by atoms with Gasteiger partial charge in [0.15, 0.2) is 0 Å². The summed E-state index contributed by atoms with van der Waals surface area (Å²) >= 11 is 0. The molecule has 1 aromatic heterocycles. The van der Waals surface area contributed by atoms with Crippen LogP contribution < -0.4 is 5.73 Å². The molecule has 0 radical (unpaired) electrons. The minimum Gasteiger partial charge on any atom is -0.394 e. The molecule has 3 heteroatoms. The molecule has 0 bridgehead atoms. The summed E-state index contributed by atoms with van der Waals surface area (Å²) in [5, 5.41) is 10.4. The Morgan fingerprint density at radius 3 is 2.69 bits per heavy atom. The summed E-state index contributed by atoms with van der Waals surface area (Å²) in [6.45, 7) is 1.86. The highest BCUT2D eigenvalue weighted by molar-refractivity contribution is 5.81. The van der Waals surface area contributed by atoms with Gasteiger partial charge < -0.3 is 15.4 Å². The molecule has 0 saturated carbocycles. The normalized spacial score (nSPS) is 15.2. The van der Waals surface area contributed by atoms with Crippen LogP contribution in [0, 0.1) is 0 Å². The first-order valence-corrected chi connectivity index (χ1v) is 5.46. The molecule has 0 saturated heterocycles. The molecule has 0 aliphatic rings. The van der Waals surface area contributed by atoms with Gasteiger partial charge in [0.2, 0.25) is 0 Å². The summed E-state index contributed by atoms with van der Waals surface area (Å²) in [4.78, 5) is 0. The largest absolute Gasteiger partial charge is 0.394 e. The van der Waals surface area contributed by atoms with Crippen molar-refractivity contribution < 1.29 is 5.11 Å². The Kier molecular flexibility index (Phi) is 2.74. The Bertz CT molecular complexity index is 500. The monoisotopic (exact) mass is 218 g/mol. The Morgan fingerprint density at radius 2 is 2.06 bits per heavy atom. The number of hydrogen-bond donors (Lipinski definition) is 2. The van der Waals surface area contributed by atoms with Gasteiger partial charge in [0.1, 0.15) is 0 Å². The highest BCUT2D eigenvalue weighted by Gasteiger charge is 2.19. The maximum absolute atomic E-state index is 9.19. The van der Waals surface area contributed by atoms with Gasteiger partial charge in [0.25, 0.3) is 0 Å². The summed E-state index contributed by atoms with van der Waals surface area (Å²) in [6.07, 6.45) is 0.675. The van der Waals surface area contributed by atoms with Crippen LogP contribution in [0.5, 0.6) is 0 Å². The van der Waals surface area contributed by atoms with E-state index in [1.54, 1.807) is 0 Å². The van der Waals surface area contributed by atoms with E-state index < -0.39 is 5.54 Å². The third kappa shape index (κ3) is 1.96. The Balaban J connectivity index is 2.42. The van der Waals surface area contributed by atoms with Gasteiger partial charge in [-0.2, -0.15) is 0 Å². The van der Waals surface area contributed by atoms with Crippen molar-refractivity contribution in [2.75, 3.05) is 6.61 Å². The molecule has 86 valence electrons. The van der Waals surface area contributed by atoms with Gasteiger partial charge in [0, 0.05) is 30.2 Å². The zero-order valence-electron chi connectivity index (χ0n) is 9.77. The fourth-order valence-corrected chi connectivity index (χ4v) is 1.99. The van der Waals surface area contributed by atoms with Crippen LogP contribution >= 0.6 is 0 Å². The molecule has 0 amide bonds. The molecule has 16 heavy (non-hydrogen) atoms. The Labute approximate surface area is 95.5 Å². The number of aliphatic hydroxyl groups excluding tert-OH is 1. The topological polar surface area (TPSA) is 51.2 Å². The van der Waals surface area contributed by atoms with Crippen LogP contribution in [0.3, 0.4) is 0 Å². The van der Waals surface area contributed by atoms with Crippen LogP contribution in [-0.2, 0) is 13.5 Å². The maximum atomic E-state index is 9.19. The molecular formula is C13H18N2O. The smallest absolute Gasteiger partial charge is 0.0612 e. The van der Waals surface area contributed by atoms with E-state index >= 15 is 0 Å². The predicted molar refractivity (Wildman–Crippen MR) is 66.3 cm³/mol. The van der Waals surface area contributed by atoms with Crippen molar-refractivity contribution in [3.63, 3.8) is 0 Å². The van der Waals surface area contributed by atoms with Crippen LogP contribution in [-0.4, -0.2) is 21.8 Å². The highest BCUT2D eigenvalue weighted by atomic mass is 16.3. The van der Waals surface area contributed by atoms with Crippen LogP contribution in [0.2, 0.25) is 0 Å². The van der Waals surface area contributed by atoms with E-state index in [1.807, 2.05) is 26.1 Å². The van der Waals surface area contributed by atoms with Crippen molar-refractivity contribution in [1.29, 1.82) is 0 Å². The standard InChI is InChI=1S/C13H18N2O/c1-13(14,9-16)8-11-7-10-5-3-4-6-12(10)15(11)2/h3-7,16H,8-9,14H2,1-2H3. The van der Waals surface area contributed by atoms with Gasteiger partial charge >= 0.3 is 0 Å². The molecule has 1 heterocycles. The van der Waals surface area contributed by atoms with Crippen molar-refractivity contribution in [2.24, 2.45) is 12.8 Å². The summed E-state index contributed by atoms with van der Waals surface area (Å²) < 4.78 is 2.14. The lowest BCUT2D eigenvalue weighted by Crippen LogP contribution is -2.42. The molecule has 1 aromatic carbocycles. The number of nitrogens with zero attached hydrogens (tertiary/aromatic N) is 1. The van der Waals surface area contributed by atoms with Crippen LogP contribution in [0.25, 0.3) is 10.9 Å². The van der Waals surface area contributed by atoms with Crippen LogP contribution in [0.4, 0.5) is 0 Å². The van der Waals surface area contributed by atoms with Crippen LogP contribution in [0.15, 0.2) is 30.3 Å². The van der Waals surface area contributed by atoms with E-state index in [0.29, 0.717) is 6.42 Å². The molecule has 2 aromatic rings. The molecule has 0 spiro atoms. The summed E-state index contributed by atoms with van der Waals surface area (Å²) in [5.41, 5.74) is 7.78. The fraction of sp³-hybridized carbons (Fsp3) is 0.385. The molecule has 1 atom stereocenters. The van der Waals surface area contributed by atoms with E-state index in [2.05, 4.69) is 22.8 Å². The molecule has 1 unspecified atom stereocenters. The molecular weight excluding hydrogens is 200 g/mol. The number of nitrogens with two attached hydrogens (primary N) is 1. The van der Waals surface area contributed by atoms with Crippen molar-refractivity contribution >= 4 is 10.9 Å². The number of aromatic nitrogens is 1. The van der Waals surface area contributed by atoms with Gasteiger partial charge in [0.05, 0.1) is 6.61 Å². The second kappa shape index (κ2) is 3.92. The SMILES string of the molecule is Cn1c(CC(C)(N)CO)cc2ccccc21. The minimum absolute atomic E-state index is 0.00543. The average Bonchev–Trinajstić information content (AvgIpc) is 2.56. The lowest BCUT2D eigenvalue weighted by atomic mass is 9.98. The second-order valence-electron chi connectivity index (χ2n) is 4.74. The van der Waals surface area contributed by atoms with Crippen molar-refractivity contribution in [2.45, 2.75) is 18.9 Å². The van der Waals surface area contributed by atoms with Crippen molar-refractivity contribution in [3.05, 3.63) is 36.0 Å². The Hall–Kier alpha value is -1.32. The summed E-state index contributed by atoms with van der Waals surface area (Å²) in [6, 6.07) is 10.4. The lowest BCUT2D eigenvalue weighted by Gasteiger charge is -2.21. The molecule has 2 rings (SSSR count). The molecule has 0 aliphatic heterocycles. The fourth-order valence-electron chi connectivity index (χ4n) is 1.99. The van der Waals surface area contributed by atoms with Gasteiger partial charge in [-0.15, -0.1) is 0 Å². The molecule has 0 aliphatic carbocycles. The van der Waals surface area contributed by atoms with E-state index in [1.165, 1.54) is 10.9 Å². The second-order valence-corrected chi connectivity index (χ2v) is 4.74. The van der Waals surface area contributed by atoms with Crippen LogP contribution in [0.1, 0.15) is 12.6 Å². The summed E-state index contributed by atoms with van der Waals surface area (Å²) in [5.74, 6) is 0. The summed E-state index contributed by atoms with van der Waals surface area (Å²) in [7, 11) is 2.03. The third-order valence-corrected chi connectivity index (χ3v) is 3.00. The van der Waals surface area contributed by atoms with Gasteiger partial charge in [-0.05, 0) is 24.4 Å². The predicted octanol–water partition coefficient (Wildman–Crippen LogP) is 1.43. The quantitative estimate of drug-likeness (QED) is 0.819. The average molecular weight is 218 g/mol. The first-order chi connectivity index (χ1) is 7.53. The zero-order chi connectivity index (χ0) is 11.8. The third-order valence-electron chi connectivity index (χ3n) is 3.00. The lowest BCUT2D eigenvalue weighted by molar-refractivity contribution is 0.206. The van der Waals surface area contributed by atoms with Crippen molar-refractivity contribution in [1.82, 2.24) is 4.57 Å². The number of benzene rings is 1. The minimum atomic E-state index is -0.553. The number of para-hydroxylation sites is 1. The van der Waals surface area contributed by atoms with Gasteiger partial charge in [-0.25, -0.2) is 0 Å². The molecule has 3 nitrogen and oxygen atoms in total. The number of fused-ring (bicyclic) bond motifs is 1. The van der Waals surface area contributed by atoms with Gasteiger partial charge in [-0.1, -0.05) is 18.2 Å². The van der Waals surface area contributed by atoms with Gasteiger partial charge in [-0.3, -0.25) is 0 Å². The first-order valence-electron chi connectivity index (χ1n) is 5.46.